The van der Waals surface area contributed by atoms with Crippen LogP contribution in [0.1, 0.15) is 34.9 Å². The minimum atomic E-state index is -0.584. The Labute approximate surface area is 155 Å². The number of alkyl halides is 1. The third kappa shape index (κ3) is 3.82. The Bertz CT molecular complexity index is 791. The number of rotatable bonds is 4. The maximum absolute atomic E-state index is 12.6. The Morgan fingerprint density at radius 3 is 2.88 bits per heavy atom. The van der Waals surface area contributed by atoms with E-state index in [2.05, 4.69) is 15.3 Å². The van der Waals surface area contributed by atoms with Gasteiger partial charge in [0.05, 0.1) is 17.7 Å². The van der Waals surface area contributed by atoms with E-state index in [1.807, 2.05) is 18.7 Å². The van der Waals surface area contributed by atoms with Crippen molar-refractivity contribution in [2.75, 3.05) is 17.7 Å². The molecule has 1 N–H and O–H groups in total. The van der Waals surface area contributed by atoms with Crippen molar-refractivity contribution in [3.05, 3.63) is 40.7 Å². The van der Waals surface area contributed by atoms with Gasteiger partial charge in [0.2, 0.25) is 5.91 Å². The zero-order chi connectivity index (χ0) is 18.0. The molecule has 2 aromatic rings. The number of nitrogens with zero attached hydrogens (tertiary/aromatic N) is 3. The monoisotopic (exact) mass is 378 g/mol. The molecule has 3 heterocycles. The summed E-state index contributed by atoms with van der Waals surface area (Å²) in [7, 11) is 0. The number of aromatic nitrogens is 2. The summed E-state index contributed by atoms with van der Waals surface area (Å²) in [6.45, 7) is 4.82. The number of fused-ring (bicyclic) bond motifs is 1. The molecule has 0 aromatic carbocycles. The SMILES string of the molecule is CC(C)(CCl)C(=O)N1CCc2nc(NC(=O)c3ccccn3)sc2C1. The molecule has 1 aliphatic rings. The molecular weight excluding hydrogens is 360 g/mol. The predicted molar refractivity (Wildman–Crippen MR) is 97.9 cm³/mol. The zero-order valence-corrected chi connectivity index (χ0v) is 15.7. The first-order chi connectivity index (χ1) is 11.9. The molecule has 6 nitrogen and oxygen atoms in total. The number of hydrogen-bond donors (Lipinski definition) is 1. The number of pyridine rings is 1. The highest BCUT2D eigenvalue weighted by Gasteiger charge is 2.34. The number of nitrogens with one attached hydrogen (secondary N) is 1. The van der Waals surface area contributed by atoms with Crippen molar-refractivity contribution in [3.8, 4) is 0 Å². The summed E-state index contributed by atoms with van der Waals surface area (Å²) in [4.78, 5) is 36.1. The molecule has 3 rings (SSSR count). The molecule has 25 heavy (non-hydrogen) atoms. The molecule has 0 atom stereocenters. The average Bonchev–Trinajstić information content (AvgIpc) is 3.03. The van der Waals surface area contributed by atoms with Gasteiger partial charge in [-0.15, -0.1) is 11.6 Å². The van der Waals surface area contributed by atoms with E-state index >= 15 is 0 Å². The van der Waals surface area contributed by atoms with Gasteiger partial charge in [-0.2, -0.15) is 0 Å². The topological polar surface area (TPSA) is 75.2 Å². The van der Waals surface area contributed by atoms with Gasteiger partial charge in [-0.1, -0.05) is 17.4 Å². The van der Waals surface area contributed by atoms with Crippen molar-refractivity contribution in [3.63, 3.8) is 0 Å². The van der Waals surface area contributed by atoms with Gasteiger partial charge in [-0.25, -0.2) is 4.98 Å². The number of carbonyl (C=O) groups excluding carboxylic acids is 2. The quantitative estimate of drug-likeness (QED) is 0.830. The fourth-order valence-corrected chi connectivity index (χ4v) is 3.70. The number of halogens is 1. The molecule has 0 saturated heterocycles. The van der Waals surface area contributed by atoms with Crippen molar-refractivity contribution >= 4 is 39.9 Å². The van der Waals surface area contributed by atoms with Crippen LogP contribution in [0.5, 0.6) is 0 Å². The molecule has 8 heteroatoms. The van der Waals surface area contributed by atoms with Crippen LogP contribution in [0.3, 0.4) is 0 Å². The molecule has 0 unspecified atom stereocenters. The summed E-state index contributed by atoms with van der Waals surface area (Å²) < 4.78 is 0. The van der Waals surface area contributed by atoms with Crippen LogP contribution in [-0.4, -0.2) is 39.1 Å². The molecule has 2 amide bonds. The Morgan fingerprint density at radius 2 is 2.20 bits per heavy atom. The Balaban J connectivity index is 1.71. The van der Waals surface area contributed by atoms with Crippen LogP contribution in [0.4, 0.5) is 5.13 Å². The number of carbonyl (C=O) groups is 2. The predicted octanol–water partition coefficient (Wildman–Crippen LogP) is 2.94. The molecule has 0 bridgehead atoms. The molecule has 0 aliphatic carbocycles. The zero-order valence-electron chi connectivity index (χ0n) is 14.1. The molecule has 0 spiro atoms. The third-order valence-corrected chi connectivity index (χ3v) is 5.72. The van der Waals surface area contributed by atoms with E-state index in [0.717, 1.165) is 10.6 Å². The van der Waals surface area contributed by atoms with Gasteiger partial charge in [0.15, 0.2) is 5.13 Å². The van der Waals surface area contributed by atoms with E-state index in [0.29, 0.717) is 30.3 Å². The van der Waals surface area contributed by atoms with Crippen LogP contribution in [0.15, 0.2) is 24.4 Å². The van der Waals surface area contributed by atoms with Crippen molar-refractivity contribution < 1.29 is 9.59 Å². The first kappa shape index (κ1) is 17.8. The fraction of sp³-hybridized carbons (Fsp3) is 0.412. The molecule has 2 aromatic heterocycles. The van der Waals surface area contributed by atoms with Crippen LogP contribution in [0.25, 0.3) is 0 Å². The van der Waals surface area contributed by atoms with Crippen molar-refractivity contribution in [2.45, 2.75) is 26.8 Å². The van der Waals surface area contributed by atoms with Crippen molar-refractivity contribution in [1.82, 2.24) is 14.9 Å². The second kappa shape index (κ2) is 7.09. The summed E-state index contributed by atoms with van der Waals surface area (Å²) in [6.07, 6.45) is 2.25. The van der Waals surface area contributed by atoms with Crippen LogP contribution in [0.2, 0.25) is 0 Å². The minimum Gasteiger partial charge on any atom is -0.337 e. The minimum absolute atomic E-state index is 0.0422. The fourth-order valence-electron chi connectivity index (χ4n) is 2.57. The van der Waals surface area contributed by atoms with E-state index in [-0.39, 0.29) is 17.7 Å². The van der Waals surface area contributed by atoms with Crippen LogP contribution < -0.4 is 5.32 Å². The van der Waals surface area contributed by atoms with Crippen molar-refractivity contribution in [2.24, 2.45) is 5.41 Å². The van der Waals surface area contributed by atoms with Gasteiger partial charge in [-0.05, 0) is 26.0 Å². The number of anilines is 1. The third-order valence-electron chi connectivity index (χ3n) is 4.05. The lowest BCUT2D eigenvalue weighted by atomic mass is 9.93. The Morgan fingerprint density at radius 1 is 1.40 bits per heavy atom. The second-order valence-electron chi connectivity index (χ2n) is 6.55. The van der Waals surface area contributed by atoms with Gasteiger partial charge >= 0.3 is 0 Å². The maximum atomic E-state index is 12.6. The molecule has 132 valence electrons. The lowest BCUT2D eigenvalue weighted by Crippen LogP contribution is -2.44. The second-order valence-corrected chi connectivity index (χ2v) is 7.90. The van der Waals surface area contributed by atoms with Gasteiger partial charge in [0.1, 0.15) is 5.69 Å². The highest BCUT2D eigenvalue weighted by Crippen LogP contribution is 2.31. The summed E-state index contributed by atoms with van der Waals surface area (Å²) in [5.74, 6) is 0.0343. The standard InChI is InChI=1S/C17H19ClN4O2S/c1-17(2,10-18)15(24)22-8-6-11-13(9-22)25-16(20-11)21-14(23)12-5-3-4-7-19-12/h3-5,7H,6,8-10H2,1-2H3,(H,20,21,23). The Hall–Kier alpha value is -1.99. The van der Waals surface area contributed by atoms with E-state index in [1.54, 1.807) is 24.4 Å². The Kier molecular flexibility index (Phi) is 5.06. The van der Waals surface area contributed by atoms with E-state index in [4.69, 9.17) is 11.6 Å². The lowest BCUT2D eigenvalue weighted by molar-refractivity contribution is -0.140. The van der Waals surface area contributed by atoms with Gasteiger partial charge in [0, 0.05) is 29.9 Å². The van der Waals surface area contributed by atoms with Crippen molar-refractivity contribution in [1.29, 1.82) is 0 Å². The van der Waals surface area contributed by atoms with Gasteiger partial charge in [-0.3, -0.25) is 19.9 Å². The largest absolute Gasteiger partial charge is 0.337 e. The molecule has 1 aliphatic heterocycles. The van der Waals surface area contributed by atoms with Gasteiger partial charge in [0.25, 0.3) is 5.91 Å². The van der Waals surface area contributed by atoms with E-state index in [9.17, 15) is 9.59 Å². The van der Waals surface area contributed by atoms with Crippen LogP contribution in [0, 0.1) is 5.41 Å². The molecule has 0 radical (unpaired) electrons. The highest BCUT2D eigenvalue weighted by molar-refractivity contribution is 7.15. The summed E-state index contributed by atoms with van der Waals surface area (Å²) in [6, 6.07) is 5.17. The van der Waals surface area contributed by atoms with E-state index < -0.39 is 5.41 Å². The summed E-state index contributed by atoms with van der Waals surface area (Å²) in [5.41, 5.74) is 0.699. The van der Waals surface area contributed by atoms with E-state index in [1.165, 1.54) is 11.3 Å². The molecule has 0 fully saturated rings. The average molecular weight is 379 g/mol. The number of thiazole rings is 1. The smallest absolute Gasteiger partial charge is 0.276 e. The van der Waals surface area contributed by atoms with Crippen LogP contribution >= 0.6 is 22.9 Å². The first-order valence-corrected chi connectivity index (χ1v) is 9.32. The number of hydrogen-bond acceptors (Lipinski definition) is 5. The van der Waals surface area contributed by atoms with Crippen LogP contribution in [-0.2, 0) is 17.8 Å². The maximum Gasteiger partial charge on any atom is 0.276 e. The van der Waals surface area contributed by atoms with Gasteiger partial charge < -0.3 is 4.90 Å². The molecular formula is C17H19ClN4O2S. The lowest BCUT2D eigenvalue weighted by Gasteiger charge is -2.32. The number of amides is 2. The molecule has 0 saturated carbocycles. The normalized spacial score (nSPS) is 14.1. The highest BCUT2D eigenvalue weighted by atomic mass is 35.5. The summed E-state index contributed by atoms with van der Waals surface area (Å²) >= 11 is 7.32. The first-order valence-electron chi connectivity index (χ1n) is 7.97. The summed E-state index contributed by atoms with van der Waals surface area (Å²) in [5, 5.41) is 3.32.